The van der Waals surface area contributed by atoms with Crippen molar-refractivity contribution in [1.82, 2.24) is 0 Å². The van der Waals surface area contributed by atoms with E-state index in [1.807, 2.05) is 0 Å². The lowest BCUT2D eigenvalue weighted by atomic mass is 10.1. The average Bonchev–Trinajstić information content (AvgIpc) is 2.45. The van der Waals surface area contributed by atoms with E-state index >= 15 is 0 Å². The van der Waals surface area contributed by atoms with Crippen molar-refractivity contribution in [3.05, 3.63) is 29.8 Å². The number of benzene rings is 1. The van der Waals surface area contributed by atoms with E-state index in [0.717, 1.165) is 19.3 Å². The van der Waals surface area contributed by atoms with Crippen LogP contribution in [0.3, 0.4) is 0 Å². The molecule has 0 aliphatic heterocycles. The van der Waals surface area contributed by atoms with E-state index in [1.54, 1.807) is 12.1 Å². The second-order valence-corrected chi connectivity index (χ2v) is 5.11. The average molecular weight is 296 g/mol. The number of unbranched alkanes of at least 4 members (excludes halogenated alkanes) is 3. The third-order valence-electron chi connectivity index (χ3n) is 3.15. The fraction of sp³-hybridized carbons (Fsp3) is 0.588. The van der Waals surface area contributed by atoms with Crippen molar-refractivity contribution in [2.24, 2.45) is 0 Å². The zero-order chi connectivity index (χ0) is 16.1. The molecule has 0 saturated heterocycles. The van der Waals surface area contributed by atoms with Crippen LogP contribution < -0.4 is 0 Å². The van der Waals surface area contributed by atoms with E-state index in [-0.39, 0.29) is 17.4 Å². The number of carboxylic acids is 1. The Kier molecular flexibility index (Phi) is 11.3. The molecule has 4 nitrogen and oxygen atoms in total. The number of hydrogen-bond acceptors (Lipinski definition) is 3. The third-order valence-corrected chi connectivity index (χ3v) is 3.15. The van der Waals surface area contributed by atoms with Crippen LogP contribution in [-0.4, -0.2) is 27.4 Å². The van der Waals surface area contributed by atoms with Crippen molar-refractivity contribution in [2.75, 3.05) is 0 Å². The highest BCUT2D eigenvalue weighted by Crippen LogP contribution is 2.14. The van der Waals surface area contributed by atoms with Crippen LogP contribution in [0.1, 0.15) is 69.2 Å². The van der Waals surface area contributed by atoms with Crippen LogP contribution in [0.5, 0.6) is 5.75 Å². The minimum atomic E-state index is -1.11. The second-order valence-electron chi connectivity index (χ2n) is 5.11. The van der Waals surface area contributed by atoms with Gasteiger partial charge in [0.25, 0.3) is 0 Å². The lowest BCUT2D eigenvalue weighted by Gasteiger charge is -2.07. The molecular weight excluding hydrogens is 268 g/mol. The highest BCUT2D eigenvalue weighted by Gasteiger charge is 2.05. The highest BCUT2D eigenvalue weighted by atomic mass is 16.4. The lowest BCUT2D eigenvalue weighted by molar-refractivity contribution is 0.0693. The van der Waals surface area contributed by atoms with Crippen LogP contribution in [-0.2, 0) is 0 Å². The summed E-state index contributed by atoms with van der Waals surface area (Å²) in [6.07, 6.45) is 8.15. The molecule has 1 aromatic rings. The summed E-state index contributed by atoms with van der Waals surface area (Å²) in [4.78, 5) is 10.3. The number of aromatic hydroxyl groups is 1. The summed E-state index contributed by atoms with van der Waals surface area (Å²) >= 11 is 0. The number of carboxylic acid groups (broad SMARTS) is 1. The molecule has 0 fully saturated rings. The SMILES string of the molecule is CCCCCCC(O)CCC.O=C(O)c1ccccc1O. The molecule has 0 amide bonds. The first-order chi connectivity index (χ1) is 10.0. The van der Waals surface area contributed by atoms with Gasteiger partial charge in [-0.3, -0.25) is 0 Å². The minimum absolute atomic E-state index is 0.0307. The van der Waals surface area contributed by atoms with E-state index in [9.17, 15) is 9.90 Å². The summed E-state index contributed by atoms with van der Waals surface area (Å²) < 4.78 is 0. The maximum atomic E-state index is 10.3. The zero-order valence-corrected chi connectivity index (χ0v) is 13.1. The van der Waals surface area contributed by atoms with E-state index in [2.05, 4.69) is 13.8 Å². The molecule has 0 radical (unpaired) electrons. The van der Waals surface area contributed by atoms with Gasteiger partial charge in [0.2, 0.25) is 0 Å². The summed E-state index contributed by atoms with van der Waals surface area (Å²) in [5.41, 5.74) is -0.0671. The number of aliphatic hydroxyl groups excluding tert-OH is 1. The molecule has 0 bridgehead atoms. The molecule has 0 aliphatic rings. The number of hydrogen-bond donors (Lipinski definition) is 3. The Morgan fingerprint density at radius 3 is 2.19 bits per heavy atom. The van der Waals surface area contributed by atoms with Gasteiger partial charge in [-0.1, -0.05) is 58.1 Å². The van der Waals surface area contributed by atoms with Gasteiger partial charge in [-0.25, -0.2) is 4.79 Å². The summed E-state index contributed by atoms with van der Waals surface area (Å²) in [5.74, 6) is -1.31. The van der Waals surface area contributed by atoms with Gasteiger partial charge >= 0.3 is 5.97 Å². The van der Waals surface area contributed by atoms with Gasteiger partial charge in [-0.2, -0.15) is 0 Å². The Hall–Kier alpha value is -1.55. The van der Waals surface area contributed by atoms with E-state index in [0.29, 0.717) is 0 Å². The number of phenols is 1. The molecule has 0 heterocycles. The van der Waals surface area contributed by atoms with E-state index < -0.39 is 5.97 Å². The van der Waals surface area contributed by atoms with E-state index in [4.69, 9.17) is 10.2 Å². The van der Waals surface area contributed by atoms with Crippen LogP contribution in [0.2, 0.25) is 0 Å². The largest absolute Gasteiger partial charge is 0.507 e. The van der Waals surface area contributed by atoms with Crippen LogP contribution in [0.15, 0.2) is 24.3 Å². The highest BCUT2D eigenvalue weighted by molar-refractivity contribution is 5.90. The first-order valence-corrected chi connectivity index (χ1v) is 7.72. The number of carbonyl (C=O) groups is 1. The topological polar surface area (TPSA) is 77.8 Å². The number of rotatable bonds is 8. The number of aromatic carboxylic acids is 1. The predicted molar refractivity (Wildman–Crippen MR) is 84.7 cm³/mol. The smallest absolute Gasteiger partial charge is 0.339 e. The second kappa shape index (κ2) is 12.2. The van der Waals surface area contributed by atoms with Gasteiger partial charge in [-0.05, 0) is 25.0 Å². The fourth-order valence-electron chi connectivity index (χ4n) is 1.94. The van der Waals surface area contributed by atoms with Crippen molar-refractivity contribution in [3.63, 3.8) is 0 Å². The molecule has 4 heteroatoms. The first-order valence-electron chi connectivity index (χ1n) is 7.72. The molecule has 120 valence electrons. The van der Waals surface area contributed by atoms with Gasteiger partial charge in [0.05, 0.1) is 6.10 Å². The van der Waals surface area contributed by atoms with Crippen molar-refractivity contribution in [2.45, 2.75) is 64.9 Å². The van der Waals surface area contributed by atoms with Gasteiger partial charge < -0.3 is 15.3 Å². The quantitative estimate of drug-likeness (QED) is 0.628. The zero-order valence-electron chi connectivity index (χ0n) is 13.1. The van der Waals surface area contributed by atoms with Gasteiger partial charge in [0, 0.05) is 0 Å². The number of aliphatic hydroxyl groups is 1. The van der Waals surface area contributed by atoms with Crippen LogP contribution in [0, 0.1) is 0 Å². The molecule has 3 N–H and O–H groups in total. The molecule has 0 aliphatic carbocycles. The summed E-state index contributed by atoms with van der Waals surface area (Å²) in [6.45, 7) is 4.33. The summed E-state index contributed by atoms with van der Waals surface area (Å²) in [6, 6.07) is 5.81. The van der Waals surface area contributed by atoms with Gasteiger partial charge in [0.1, 0.15) is 11.3 Å². The Bertz CT molecular complexity index is 390. The fourth-order valence-corrected chi connectivity index (χ4v) is 1.94. The van der Waals surface area contributed by atoms with Gasteiger partial charge in [-0.15, -0.1) is 0 Å². The maximum Gasteiger partial charge on any atom is 0.339 e. The lowest BCUT2D eigenvalue weighted by Crippen LogP contribution is -2.04. The number of para-hydroxylation sites is 1. The van der Waals surface area contributed by atoms with Crippen LogP contribution in [0.4, 0.5) is 0 Å². The third kappa shape index (κ3) is 9.91. The summed E-state index contributed by atoms with van der Waals surface area (Å²) in [5, 5.41) is 26.7. The molecule has 0 saturated carbocycles. The molecular formula is C17H28O4. The minimum Gasteiger partial charge on any atom is -0.507 e. The van der Waals surface area contributed by atoms with Crippen molar-refractivity contribution in [1.29, 1.82) is 0 Å². The molecule has 1 atom stereocenters. The molecule has 1 aromatic carbocycles. The summed E-state index contributed by atoms with van der Waals surface area (Å²) in [7, 11) is 0. The van der Waals surface area contributed by atoms with Crippen molar-refractivity contribution in [3.8, 4) is 5.75 Å². The van der Waals surface area contributed by atoms with E-state index in [1.165, 1.54) is 37.8 Å². The standard InChI is InChI=1S/C10H22O.C7H6O3/c1-3-5-6-7-9-10(11)8-4-2;8-6-4-2-1-3-5(6)7(9)10/h10-11H,3-9H2,1-2H3;1-4,8H,(H,9,10). The monoisotopic (exact) mass is 296 g/mol. The van der Waals surface area contributed by atoms with Crippen LogP contribution >= 0.6 is 0 Å². The Morgan fingerprint density at radius 2 is 1.71 bits per heavy atom. The maximum absolute atomic E-state index is 10.3. The van der Waals surface area contributed by atoms with Gasteiger partial charge in [0.15, 0.2) is 0 Å². The first kappa shape index (κ1) is 19.4. The van der Waals surface area contributed by atoms with Crippen molar-refractivity contribution < 1.29 is 20.1 Å². The predicted octanol–water partition coefficient (Wildman–Crippen LogP) is 4.21. The Balaban J connectivity index is 0.000000382. The molecule has 0 aromatic heterocycles. The van der Waals surface area contributed by atoms with Crippen LogP contribution in [0.25, 0.3) is 0 Å². The molecule has 0 spiro atoms. The normalized spacial score (nSPS) is 11.4. The molecule has 21 heavy (non-hydrogen) atoms. The van der Waals surface area contributed by atoms with Crippen molar-refractivity contribution >= 4 is 5.97 Å². The molecule has 1 unspecified atom stereocenters. The Labute approximate surface area is 127 Å². The molecule has 1 rings (SSSR count). The Morgan fingerprint density at radius 1 is 1.05 bits per heavy atom.